The number of hydrogen-bond acceptors (Lipinski definition) is 15. The zero-order valence-corrected chi connectivity index (χ0v) is 62.5. The molecule has 17 nitrogen and oxygen atoms in total. The second kappa shape index (κ2) is 64.7. The van der Waals surface area contributed by atoms with Crippen molar-refractivity contribution in [3.05, 3.63) is 0 Å². The second-order valence-electron chi connectivity index (χ2n) is 28.1. The van der Waals surface area contributed by atoms with Gasteiger partial charge < -0.3 is 33.8 Å². The summed E-state index contributed by atoms with van der Waals surface area (Å²) in [6.07, 6.45) is 50.1. The van der Waals surface area contributed by atoms with Crippen molar-refractivity contribution in [1.29, 1.82) is 0 Å². The van der Waals surface area contributed by atoms with Crippen LogP contribution < -0.4 is 0 Å². The number of phosphoric acid groups is 2. The first-order chi connectivity index (χ1) is 44.7. The van der Waals surface area contributed by atoms with E-state index < -0.39 is 97.5 Å². The Morgan fingerprint density at radius 2 is 0.495 bits per heavy atom. The molecule has 0 aliphatic heterocycles. The topological polar surface area (TPSA) is 237 Å². The molecule has 0 aliphatic rings. The minimum atomic E-state index is -4.96. The molecular weight excluding hydrogens is 1220 g/mol. The van der Waals surface area contributed by atoms with Crippen molar-refractivity contribution < 1.29 is 80.2 Å². The number of carbonyl (C=O) groups excluding carboxylic acids is 4. The number of phosphoric ester groups is 2. The van der Waals surface area contributed by atoms with Crippen LogP contribution in [0.4, 0.5) is 0 Å². The van der Waals surface area contributed by atoms with Gasteiger partial charge in [-0.05, 0) is 43.4 Å². The fraction of sp³-hybridized carbons (Fsp3) is 0.946. The van der Waals surface area contributed by atoms with Crippen molar-refractivity contribution in [1.82, 2.24) is 0 Å². The molecule has 0 spiro atoms. The lowest BCUT2D eigenvalue weighted by atomic mass is 10.0. The van der Waals surface area contributed by atoms with E-state index in [2.05, 4.69) is 48.5 Å². The smallest absolute Gasteiger partial charge is 0.462 e. The molecule has 19 heteroatoms. The van der Waals surface area contributed by atoms with Crippen LogP contribution in [0.5, 0.6) is 0 Å². The van der Waals surface area contributed by atoms with Crippen molar-refractivity contribution >= 4 is 39.5 Å². The lowest BCUT2D eigenvalue weighted by Crippen LogP contribution is -2.30. The van der Waals surface area contributed by atoms with Gasteiger partial charge in [0.05, 0.1) is 26.4 Å². The molecule has 0 aromatic heterocycles. The maximum Gasteiger partial charge on any atom is 0.472 e. The van der Waals surface area contributed by atoms with Crippen molar-refractivity contribution in [2.75, 3.05) is 39.6 Å². The maximum atomic E-state index is 13.1. The fourth-order valence-electron chi connectivity index (χ4n) is 11.2. The van der Waals surface area contributed by atoms with E-state index in [0.29, 0.717) is 25.7 Å². The Bertz CT molecular complexity index is 1820. The molecule has 0 saturated carbocycles. The van der Waals surface area contributed by atoms with Crippen molar-refractivity contribution in [2.45, 2.75) is 394 Å². The number of ether oxygens (including phenoxy) is 4. The largest absolute Gasteiger partial charge is 0.472 e. The summed E-state index contributed by atoms with van der Waals surface area (Å²) in [5.41, 5.74) is 0. The standard InChI is InChI=1S/C74H144O17P2/c1-8-9-10-11-12-13-14-15-16-17-18-19-20-21-26-36-43-50-57-73(78)90-69(61-84-71(76)55-48-41-34-25-23-22-24-31-38-45-52-65(2)3)63-88-92(80,81)86-59-68(75)60-87-93(82,83)89-64-70(91-74(79)58-51-44-37-30-28-33-40-47-54-67(6)7)62-85-72(77)56-49-42-35-29-27-32-39-46-53-66(4)5/h65-70,75H,8-64H2,1-7H3,(H,80,81)(H,82,83)/t68-,69-,70-/m1/s1. The van der Waals surface area contributed by atoms with Gasteiger partial charge in [0.2, 0.25) is 0 Å². The van der Waals surface area contributed by atoms with E-state index in [9.17, 15) is 43.2 Å². The summed E-state index contributed by atoms with van der Waals surface area (Å²) >= 11 is 0. The molecule has 0 rings (SSSR count). The zero-order valence-electron chi connectivity index (χ0n) is 60.7. The van der Waals surface area contributed by atoms with Gasteiger partial charge in [-0.3, -0.25) is 37.3 Å². The van der Waals surface area contributed by atoms with Gasteiger partial charge in [0, 0.05) is 25.7 Å². The summed E-state index contributed by atoms with van der Waals surface area (Å²) in [4.78, 5) is 72.7. The second-order valence-corrected chi connectivity index (χ2v) is 31.0. The molecule has 93 heavy (non-hydrogen) atoms. The number of aliphatic hydroxyl groups excluding tert-OH is 1. The van der Waals surface area contributed by atoms with E-state index in [1.54, 1.807) is 0 Å². The maximum absolute atomic E-state index is 13.1. The van der Waals surface area contributed by atoms with Crippen LogP contribution in [0.15, 0.2) is 0 Å². The molecule has 0 aromatic carbocycles. The van der Waals surface area contributed by atoms with Crippen molar-refractivity contribution in [3.8, 4) is 0 Å². The van der Waals surface area contributed by atoms with Crippen LogP contribution in [0, 0.1) is 17.8 Å². The van der Waals surface area contributed by atoms with Crippen LogP contribution in [-0.4, -0.2) is 96.7 Å². The molecule has 0 saturated heterocycles. The summed E-state index contributed by atoms with van der Waals surface area (Å²) in [5.74, 6) is 0.0803. The van der Waals surface area contributed by atoms with E-state index in [-0.39, 0.29) is 25.7 Å². The zero-order chi connectivity index (χ0) is 68.7. The van der Waals surface area contributed by atoms with E-state index in [0.717, 1.165) is 108 Å². The van der Waals surface area contributed by atoms with E-state index in [4.69, 9.17) is 37.0 Å². The summed E-state index contributed by atoms with van der Waals surface area (Å²) in [7, 11) is -9.91. The molecule has 0 aliphatic carbocycles. The predicted molar refractivity (Wildman–Crippen MR) is 377 cm³/mol. The molecule has 3 N–H and O–H groups in total. The number of esters is 4. The number of carbonyl (C=O) groups is 4. The monoisotopic (exact) mass is 1370 g/mol. The summed E-state index contributed by atoms with van der Waals surface area (Å²) in [5, 5.41) is 10.6. The summed E-state index contributed by atoms with van der Waals surface area (Å²) in [6, 6.07) is 0. The van der Waals surface area contributed by atoms with Gasteiger partial charge in [-0.1, -0.05) is 325 Å². The first-order valence-electron chi connectivity index (χ1n) is 38.3. The number of unbranched alkanes of at least 4 members (excludes halogenated alkanes) is 40. The van der Waals surface area contributed by atoms with Gasteiger partial charge in [-0.2, -0.15) is 0 Å². The Morgan fingerprint density at radius 3 is 0.731 bits per heavy atom. The van der Waals surface area contributed by atoms with Crippen LogP contribution in [0.3, 0.4) is 0 Å². The molecular formula is C74H144O17P2. The number of aliphatic hydroxyl groups is 1. The van der Waals surface area contributed by atoms with Crippen LogP contribution in [0.2, 0.25) is 0 Å². The Hall–Kier alpha value is -1.94. The van der Waals surface area contributed by atoms with Gasteiger partial charge in [0.15, 0.2) is 12.2 Å². The van der Waals surface area contributed by atoms with Crippen LogP contribution in [0.25, 0.3) is 0 Å². The van der Waals surface area contributed by atoms with E-state index >= 15 is 0 Å². The molecule has 0 radical (unpaired) electrons. The van der Waals surface area contributed by atoms with Gasteiger partial charge in [0.25, 0.3) is 0 Å². The molecule has 0 heterocycles. The molecule has 5 atom stereocenters. The summed E-state index contributed by atoms with van der Waals surface area (Å²) in [6.45, 7) is 11.8. The van der Waals surface area contributed by atoms with E-state index in [1.807, 2.05) is 0 Å². The highest BCUT2D eigenvalue weighted by atomic mass is 31.2. The average Bonchev–Trinajstić information content (AvgIpc) is 2.51. The van der Waals surface area contributed by atoms with Gasteiger partial charge in [-0.15, -0.1) is 0 Å². The molecule has 0 amide bonds. The Balaban J connectivity index is 5.24. The van der Waals surface area contributed by atoms with Crippen LogP contribution in [-0.2, 0) is 65.4 Å². The number of hydrogen-bond donors (Lipinski definition) is 3. The Kier molecular flexibility index (Phi) is 63.4. The lowest BCUT2D eigenvalue weighted by molar-refractivity contribution is -0.161. The molecule has 2 unspecified atom stereocenters. The minimum Gasteiger partial charge on any atom is -0.462 e. The fourth-order valence-corrected chi connectivity index (χ4v) is 12.8. The van der Waals surface area contributed by atoms with Gasteiger partial charge >= 0.3 is 39.5 Å². The lowest BCUT2D eigenvalue weighted by Gasteiger charge is -2.21. The third-order valence-corrected chi connectivity index (χ3v) is 19.0. The SMILES string of the molecule is CCCCCCCCCCCCCCCCCCCCC(=O)O[C@H](COC(=O)CCCCCCCCCCCCC(C)C)COP(=O)(O)OC[C@@H](O)COP(=O)(O)OC[C@@H](COC(=O)CCCCCCCCCCC(C)C)OC(=O)CCCCCCCCCCC(C)C. The predicted octanol–water partition coefficient (Wildman–Crippen LogP) is 21.4. The highest BCUT2D eigenvalue weighted by molar-refractivity contribution is 7.47. The highest BCUT2D eigenvalue weighted by Crippen LogP contribution is 2.45. The van der Waals surface area contributed by atoms with Crippen molar-refractivity contribution in [2.24, 2.45) is 17.8 Å². The normalized spacial score (nSPS) is 14.1. The van der Waals surface area contributed by atoms with Crippen molar-refractivity contribution in [3.63, 3.8) is 0 Å². The molecule has 0 fully saturated rings. The first kappa shape index (κ1) is 91.1. The Labute approximate surface area is 568 Å². The highest BCUT2D eigenvalue weighted by Gasteiger charge is 2.30. The molecule has 0 aromatic rings. The quantitative estimate of drug-likeness (QED) is 0.0222. The third kappa shape index (κ3) is 68.4. The minimum absolute atomic E-state index is 0.104. The molecule has 0 bridgehead atoms. The third-order valence-electron chi connectivity index (χ3n) is 17.1. The van der Waals surface area contributed by atoms with Gasteiger partial charge in [0.1, 0.15) is 19.3 Å². The average molecular weight is 1370 g/mol. The molecule has 552 valence electrons. The first-order valence-corrected chi connectivity index (χ1v) is 41.3. The number of rotatable bonds is 72. The van der Waals surface area contributed by atoms with Crippen LogP contribution in [0.1, 0.15) is 376 Å². The van der Waals surface area contributed by atoms with Crippen LogP contribution >= 0.6 is 15.6 Å². The summed E-state index contributed by atoms with van der Waals surface area (Å²) < 4.78 is 68.4. The van der Waals surface area contributed by atoms with E-state index in [1.165, 1.54) is 186 Å². The Morgan fingerprint density at radius 1 is 0.290 bits per heavy atom. The van der Waals surface area contributed by atoms with Gasteiger partial charge in [-0.25, -0.2) is 9.13 Å².